The molecule has 25 heavy (non-hydrogen) atoms. The molecule has 4 rings (SSSR count). The standard InChI is InChI=1S/C21H23NO2S/c1-20(2,3)11-9-13-15-17-12(7-8-25-17)18(23)22-19(15)24-16(13)14(10-11)21(4,5)6/h7-10H,1-6H3,(H,22,23). The quantitative estimate of drug-likeness (QED) is 0.416. The van der Waals surface area contributed by atoms with Crippen LogP contribution in [0, 0.1) is 0 Å². The Morgan fingerprint density at radius 3 is 2.36 bits per heavy atom. The van der Waals surface area contributed by atoms with Gasteiger partial charge in [0.15, 0.2) is 0 Å². The van der Waals surface area contributed by atoms with Crippen molar-refractivity contribution in [3.05, 3.63) is 45.1 Å². The molecule has 0 unspecified atom stereocenters. The maximum absolute atomic E-state index is 12.3. The number of aromatic amines is 1. The topological polar surface area (TPSA) is 46.0 Å². The van der Waals surface area contributed by atoms with Crippen LogP contribution < -0.4 is 5.56 Å². The van der Waals surface area contributed by atoms with Gasteiger partial charge >= 0.3 is 0 Å². The molecule has 0 amide bonds. The summed E-state index contributed by atoms with van der Waals surface area (Å²) in [5, 5.41) is 4.82. The largest absolute Gasteiger partial charge is 0.439 e. The first-order valence-corrected chi connectivity index (χ1v) is 9.46. The highest BCUT2D eigenvalue weighted by Gasteiger charge is 2.26. The summed E-state index contributed by atoms with van der Waals surface area (Å²) >= 11 is 1.60. The van der Waals surface area contributed by atoms with Crippen molar-refractivity contribution in [1.82, 2.24) is 4.98 Å². The fraction of sp³-hybridized carbons (Fsp3) is 0.381. The summed E-state index contributed by atoms with van der Waals surface area (Å²) in [6.45, 7) is 13.3. The number of rotatable bonds is 0. The number of nitrogens with one attached hydrogen (secondary N) is 1. The zero-order chi connectivity index (χ0) is 18.1. The number of fused-ring (bicyclic) bond motifs is 5. The normalized spacial score (nSPS) is 13.4. The van der Waals surface area contributed by atoms with Crippen molar-refractivity contribution in [2.75, 3.05) is 0 Å². The van der Waals surface area contributed by atoms with Crippen molar-refractivity contribution < 1.29 is 4.42 Å². The van der Waals surface area contributed by atoms with Gasteiger partial charge in [0.2, 0.25) is 5.71 Å². The Labute approximate surface area is 150 Å². The van der Waals surface area contributed by atoms with Gasteiger partial charge in [-0.3, -0.25) is 9.78 Å². The van der Waals surface area contributed by atoms with Gasteiger partial charge in [0, 0.05) is 10.9 Å². The van der Waals surface area contributed by atoms with E-state index in [0.29, 0.717) is 5.71 Å². The molecule has 0 spiro atoms. The molecule has 0 atom stereocenters. The Balaban J connectivity index is 2.28. The van der Waals surface area contributed by atoms with E-state index < -0.39 is 0 Å². The van der Waals surface area contributed by atoms with Crippen LogP contribution in [0.15, 0.2) is 32.8 Å². The zero-order valence-electron chi connectivity index (χ0n) is 15.5. The lowest BCUT2D eigenvalue weighted by Gasteiger charge is -2.25. The van der Waals surface area contributed by atoms with E-state index in [4.69, 9.17) is 4.42 Å². The smallest absolute Gasteiger partial charge is 0.259 e. The molecule has 3 aromatic heterocycles. The summed E-state index contributed by atoms with van der Waals surface area (Å²) in [6, 6.07) is 6.37. The fourth-order valence-corrected chi connectivity index (χ4v) is 4.30. The highest BCUT2D eigenvalue weighted by Crippen LogP contribution is 2.41. The van der Waals surface area contributed by atoms with Crippen LogP contribution in [0.4, 0.5) is 0 Å². The van der Waals surface area contributed by atoms with Gasteiger partial charge in [-0.1, -0.05) is 47.6 Å². The van der Waals surface area contributed by atoms with Crippen LogP contribution in [-0.2, 0) is 10.8 Å². The number of thiophene rings is 1. The second kappa shape index (κ2) is 4.98. The van der Waals surface area contributed by atoms with Gasteiger partial charge in [-0.2, -0.15) is 0 Å². The molecule has 3 nitrogen and oxygen atoms in total. The molecule has 1 N–H and O–H groups in total. The van der Waals surface area contributed by atoms with Gasteiger partial charge in [0.1, 0.15) is 5.58 Å². The Kier molecular flexibility index (Phi) is 3.27. The maximum atomic E-state index is 12.3. The SMILES string of the molecule is CC(C)(C)c1cc(C(C)(C)C)c2oc3[nH]c(=O)c4ccsc4c3c2c1. The maximum Gasteiger partial charge on any atom is 0.259 e. The summed E-state index contributed by atoms with van der Waals surface area (Å²) in [5.74, 6) is 0. The first-order chi connectivity index (χ1) is 11.6. The van der Waals surface area contributed by atoms with Crippen molar-refractivity contribution in [2.45, 2.75) is 52.4 Å². The number of H-pyrrole nitrogens is 1. The van der Waals surface area contributed by atoms with Gasteiger partial charge in [-0.25, -0.2) is 0 Å². The van der Waals surface area contributed by atoms with Crippen LogP contribution in [0.25, 0.3) is 32.2 Å². The predicted octanol–water partition coefficient (Wildman–Crippen LogP) is 6.08. The van der Waals surface area contributed by atoms with E-state index in [9.17, 15) is 4.79 Å². The summed E-state index contributed by atoms with van der Waals surface area (Å²) in [6.07, 6.45) is 0. The monoisotopic (exact) mass is 353 g/mol. The van der Waals surface area contributed by atoms with Crippen LogP contribution in [0.5, 0.6) is 0 Å². The summed E-state index contributed by atoms with van der Waals surface area (Å²) in [5.41, 5.74) is 3.81. The highest BCUT2D eigenvalue weighted by molar-refractivity contribution is 7.18. The first kappa shape index (κ1) is 16.4. The minimum absolute atomic E-state index is 0.0362. The molecule has 0 bridgehead atoms. The number of hydrogen-bond acceptors (Lipinski definition) is 3. The molecule has 3 heterocycles. The molecule has 0 radical (unpaired) electrons. The van der Waals surface area contributed by atoms with Crippen LogP contribution >= 0.6 is 11.3 Å². The molecule has 0 aliphatic heterocycles. The lowest BCUT2D eigenvalue weighted by molar-refractivity contribution is 0.557. The molecule has 1 aromatic carbocycles. The lowest BCUT2D eigenvalue weighted by atomic mass is 9.79. The van der Waals surface area contributed by atoms with Gasteiger partial charge < -0.3 is 4.42 Å². The average molecular weight is 353 g/mol. The Bertz CT molecular complexity index is 1180. The number of furan rings is 1. The summed E-state index contributed by atoms with van der Waals surface area (Å²) < 4.78 is 7.19. The van der Waals surface area contributed by atoms with E-state index in [0.717, 1.165) is 26.4 Å². The predicted molar refractivity (Wildman–Crippen MR) is 107 cm³/mol. The molecule has 4 aromatic rings. The van der Waals surface area contributed by atoms with Gasteiger partial charge in [0.05, 0.1) is 15.5 Å². The van der Waals surface area contributed by atoms with Crippen LogP contribution in [-0.4, -0.2) is 4.98 Å². The van der Waals surface area contributed by atoms with E-state index >= 15 is 0 Å². The van der Waals surface area contributed by atoms with Crippen LogP contribution in [0.3, 0.4) is 0 Å². The van der Waals surface area contributed by atoms with E-state index in [1.807, 2.05) is 11.4 Å². The third-order valence-corrected chi connectivity index (χ3v) is 5.76. The Morgan fingerprint density at radius 1 is 1.00 bits per heavy atom. The Hall–Kier alpha value is -2.07. The third kappa shape index (κ3) is 2.43. The van der Waals surface area contributed by atoms with Gasteiger partial charge in [-0.05, 0) is 33.9 Å². The van der Waals surface area contributed by atoms with E-state index in [-0.39, 0.29) is 16.4 Å². The fourth-order valence-electron chi connectivity index (χ4n) is 3.36. The molecular weight excluding hydrogens is 330 g/mol. The van der Waals surface area contributed by atoms with Crippen molar-refractivity contribution in [3.63, 3.8) is 0 Å². The minimum Gasteiger partial charge on any atom is -0.439 e. The second-order valence-corrected chi connectivity index (χ2v) is 9.74. The van der Waals surface area contributed by atoms with E-state index in [1.54, 1.807) is 11.3 Å². The number of hydrogen-bond donors (Lipinski definition) is 1. The first-order valence-electron chi connectivity index (χ1n) is 8.58. The van der Waals surface area contributed by atoms with Crippen molar-refractivity contribution >= 4 is 43.5 Å². The summed E-state index contributed by atoms with van der Waals surface area (Å²) in [7, 11) is 0. The van der Waals surface area contributed by atoms with E-state index in [2.05, 4.69) is 58.7 Å². The van der Waals surface area contributed by atoms with E-state index in [1.165, 1.54) is 11.1 Å². The van der Waals surface area contributed by atoms with Gasteiger partial charge in [-0.15, -0.1) is 11.3 Å². The lowest BCUT2D eigenvalue weighted by Crippen LogP contribution is -2.16. The van der Waals surface area contributed by atoms with Crippen molar-refractivity contribution in [3.8, 4) is 0 Å². The van der Waals surface area contributed by atoms with Crippen LogP contribution in [0.1, 0.15) is 52.7 Å². The third-order valence-electron chi connectivity index (χ3n) is 4.83. The van der Waals surface area contributed by atoms with Gasteiger partial charge in [0.25, 0.3) is 5.56 Å². The number of pyridine rings is 1. The highest BCUT2D eigenvalue weighted by atomic mass is 32.1. The molecule has 4 heteroatoms. The Morgan fingerprint density at radius 2 is 1.72 bits per heavy atom. The van der Waals surface area contributed by atoms with Crippen molar-refractivity contribution in [2.24, 2.45) is 0 Å². The average Bonchev–Trinajstić information content (AvgIpc) is 3.07. The molecular formula is C21H23NO2S. The molecule has 0 fully saturated rings. The second-order valence-electron chi connectivity index (χ2n) is 8.82. The summed E-state index contributed by atoms with van der Waals surface area (Å²) in [4.78, 5) is 15.3. The molecule has 0 aliphatic carbocycles. The molecule has 0 saturated carbocycles. The minimum atomic E-state index is -0.0869. The molecule has 0 saturated heterocycles. The van der Waals surface area contributed by atoms with Crippen LogP contribution in [0.2, 0.25) is 0 Å². The number of aromatic nitrogens is 1. The zero-order valence-corrected chi connectivity index (χ0v) is 16.4. The molecule has 0 aliphatic rings. The van der Waals surface area contributed by atoms with Crippen molar-refractivity contribution in [1.29, 1.82) is 0 Å². The molecule has 130 valence electrons. The number of benzene rings is 1.